The highest BCUT2D eigenvalue weighted by molar-refractivity contribution is 7.10. The summed E-state index contributed by atoms with van der Waals surface area (Å²) in [5.41, 5.74) is 1.22. The van der Waals surface area contributed by atoms with E-state index in [1.807, 2.05) is 12.1 Å². The Morgan fingerprint density at radius 2 is 2.19 bits per heavy atom. The fraction of sp³-hybridized carbons (Fsp3) is 0.375. The molecule has 0 aliphatic carbocycles. The van der Waals surface area contributed by atoms with Crippen molar-refractivity contribution in [3.05, 3.63) is 45.1 Å². The molecule has 3 nitrogen and oxygen atoms in total. The number of hydrogen-bond donors (Lipinski definition) is 1. The first-order chi connectivity index (χ1) is 10.1. The average molecular weight is 324 g/mol. The van der Waals surface area contributed by atoms with Gasteiger partial charge in [0.1, 0.15) is 0 Å². The fourth-order valence-corrected chi connectivity index (χ4v) is 3.53. The monoisotopic (exact) mass is 323 g/mol. The van der Waals surface area contributed by atoms with E-state index in [4.69, 9.17) is 21.1 Å². The molecule has 0 saturated heterocycles. The lowest BCUT2D eigenvalue weighted by Gasteiger charge is -2.23. The van der Waals surface area contributed by atoms with Gasteiger partial charge in [-0.3, -0.25) is 0 Å². The van der Waals surface area contributed by atoms with E-state index in [2.05, 4.69) is 36.7 Å². The lowest BCUT2D eigenvalue weighted by atomic mass is 9.91. The Morgan fingerprint density at radius 3 is 2.95 bits per heavy atom. The third kappa shape index (κ3) is 3.18. The number of nitrogens with one attached hydrogen (secondary N) is 1. The first kappa shape index (κ1) is 14.7. The Labute approximate surface area is 133 Å². The Morgan fingerprint density at radius 1 is 1.33 bits per heavy atom. The van der Waals surface area contributed by atoms with E-state index < -0.39 is 0 Å². The molecule has 0 amide bonds. The molecule has 2 aromatic rings. The van der Waals surface area contributed by atoms with E-state index in [1.54, 1.807) is 11.3 Å². The molecule has 1 aromatic carbocycles. The van der Waals surface area contributed by atoms with Crippen LogP contribution in [-0.2, 0) is 12.0 Å². The summed E-state index contributed by atoms with van der Waals surface area (Å²) in [6, 6.07) is 8.20. The van der Waals surface area contributed by atoms with E-state index in [0.717, 1.165) is 24.4 Å². The number of fused-ring (bicyclic) bond motifs is 1. The topological polar surface area (TPSA) is 30.5 Å². The SMILES string of the molecule is CC(C)(CNCc1cc(Cl)c2c(c1)OCO2)c1cccs1. The Bertz CT molecular complexity index is 625. The Kier molecular flexibility index (Phi) is 4.11. The fourth-order valence-electron chi connectivity index (χ4n) is 2.39. The largest absolute Gasteiger partial charge is 0.454 e. The van der Waals surface area contributed by atoms with Gasteiger partial charge in [0, 0.05) is 23.4 Å². The van der Waals surface area contributed by atoms with Crippen LogP contribution in [-0.4, -0.2) is 13.3 Å². The molecule has 0 saturated carbocycles. The van der Waals surface area contributed by atoms with E-state index in [0.29, 0.717) is 10.8 Å². The van der Waals surface area contributed by atoms with Crippen molar-refractivity contribution in [2.45, 2.75) is 25.8 Å². The van der Waals surface area contributed by atoms with Crippen LogP contribution in [0.5, 0.6) is 11.5 Å². The summed E-state index contributed by atoms with van der Waals surface area (Å²) in [7, 11) is 0. The van der Waals surface area contributed by atoms with Crippen LogP contribution in [0.2, 0.25) is 5.02 Å². The lowest BCUT2D eigenvalue weighted by Crippen LogP contribution is -2.31. The molecule has 0 fully saturated rings. The molecule has 5 heteroatoms. The summed E-state index contributed by atoms with van der Waals surface area (Å²) < 4.78 is 10.7. The molecule has 2 heterocycles. The summed E-state index contributed by atoms with van der Waals surface area (Å²) in [5.74, 6) is 1.39. The van der Waals surface area contributed by atoms with Crippen molar-refractivity contribution in [1.29, 1.82) is 0 Å². The highest BCUT2D eigenvalue weighted by Crippen LogP contribution is 2.39. The molecule has 112 valence electrons. The standard InChI is InChI=1S/C16H18ClNO2S/c1-16(2,14-4-3-5-21-14)9-18-8-11-6-12(17)15-13(7-11)19-10-20-15/h3-7,18H,8-10H2,1-2H3. The number of benzene rings is 1. The molecule has 0 radical (unpaired) electrons. The Balaban J connectivity index is 1.62. The molecule has 1 aromatic heterocycles. The van der Waals surface area contributed by atoms with Gasteiger partial charge in [-0.15, -0.1) is 11.3 Å². The zero-order valence-electron chi connectivity index (χ0n) is 12.1. The summed E-state index contributed by atoms with van der Waals surface area (Å²) in [6.45, 7) is 6.40. The van der Waals surface area contributed by atoms with Gasteiger partial charge in [-0.05, 0) is 29.1 Å². The van der Waals surface area contributed by atoms with Gasteiger partial charge >= 0.3 is 0 Å². The second kappa shape index (κ2) is 5.87. The number of hydrogen-bond acceptors (Lipinski definition) is 4. The normalized spacial score (nSPS) is 13.7. The van der Waals surface area contributed by atoms with E-state index in [-0.39, 0.29) is 12.2 Å². The average Bonchev–Trinajstić information content (AvgIpc) is 3.10. The first-order valence-corrected chi connectivity index (χ1v) is 8.15. The molecule has 1 N–H and O–H groups in total. The molecule has 1 aliphatic rings. The summed E-state index contributed by atoms with van der Waals surface area (Å²) in [4.78, 5) is 1.39. The van der Waals surface area contributed by atoms with Crippen LogP contribution >= 0.6 is 22.9 Å². The summed E-state index contributed by atoms with van der Waals surface area (Å²) >= 11 is 7.99. The zero-order valence-corrected chi connectivity index (χ0v) is 13.7. The van der Waals surface area contributed by atoms with Gasteiger partial charge in [0.15, 0.2) is 11.5 Å². The quantitative estimate of drug-likeness (QED) is 0.894. The Hall–Kier alpha value is -1.23. The predicted molar refractivity (Wildman–Crippen MR) is 86.6 cm³/mol. The molecule has 1 aliphatic heterocycles. The zero-order chi connectivity index (χ0) is 14.9. The minimum Gasteiger partial charge on any atom is -0.454 e. The molecule has 0 unspecified atom stereocenters. The minimum absolute atomic E-state index is 0.119. The highest BCUT2D eigenvalue weighted by atomic mass is 35.5. The van der Waals surface area contributed by atoms with Crippen molar-refractivity contribution in [1.82, 2.24) is 5.32 Å². The van der Waals surface area contributed by atoms with Crippen molar-refractivity contribution in [2.75, 3.05) is 13.3 Å². The van der Waals surface area contributed by atoms with Gasteiger partial charge in [0.2, 0.25) is 6.79 Å². The van der Waals surface area contributed by atoms with E-state index in [1.165, 1.54) is 4.88 Å². The molecule has 0 atom stereocenters. The van der Waals surface area contributed by atoms with Crippen LogP contribution < -0.4 is 14.8 Å². The maximum atomic E-state index is 6.19. The van der Waals surface area contributed by atoms with Crippen LogP contribution in [0.4, 0.5) is 0 Å². The highest BCUT2D eigenvalue weighted by Gasteiger charge is 2.22. The number of halogens is 1. The van der Waals surface area contributed by atoms with Crippen LogP contribution in [0, 0.1) is 0 Å². The maximum Gasteiger partial charge on any atom is 0.231 e. The number of thiophene rings is 1. The van der Waals surface area contributed by atoms with Crippen LogP contribution in [0.3, 0.4) is 0 Å². The molecule has 21 heavy (non-hydrogen) atoms. The summed E-state index contributed by atoms with van der Waals surface area (Å²) in [5, 5.41) is 6.23. The van der Waals surface area contributed by atoms with Crippen molar-refractivity contribution < 1.29 is 9.47 Å². The molecular weight excluding hydrogens is 306 g/mol. The molecule has 0 spiro atoms. The van der Waals surface area contributed by atoms with Crippen molar-refractivity contribution >= 4 is 22.9 Å². The minimum atomic E-state index is 0.119. The lowest BCUT2D eigenvalue weighted by molar-refractivity contribution is 0.174. The van der Waals surface area contributed by atoms with Gasteiger partial charge in [-0.25, -0.2) is 0 Å². The number of rotatable bonds is 5. The van der Waals surface area contributed by atoms with Crippen LogP contribution in [0.15, 0.2) is 29.6 Å². The van der Waals surface area contributed by atoms with Crippen molar-refractivity contribution in [2.24, 2.45) is 0 Å². The van der Waals surface area contributed by atoms with Gasteiger partial charge in [-0.2, -0.15) is 0 Å². The van der Waals surface area contributed by atoms with E-state index >= 15 is 0 Å². The van der Waals surface area contributed by atoms with Crippen molar-refractivity contribution in [3.8, 4) is 11.5 Å². The second-order valence-corrected chi connectivity index (χ2v) is 7.13. The van der Waals surface area contributed by atoms with Crippen LogP contribution in [0.1, 0.15) is 24.3 Å². The smallest absolute Gasteiger partial charge is 0.231 e. The van der Waals surface area contributed by atoms with E-state index in [9.17, 15) is 0 Å². The molecular formula is C16H18ClNO2S. The van der Waals surface area contributed by atoms with Crippen LogP contribution in [0.25, 0.3) is 0 Å². The van der Waals surface area contributed by atoms with Gasteiger partial charge < -0.3 is 14.8 Å². The third-order valence-electron chi connectivity index (χ3n) is 3.57. The first-order valence-electron chi connectivity index (χ1n) is 6.89. The van der Waals surface area contributed by atoms with Crippen molar-refractivity contribution in [3.63, 3.8) is 0 Å². The van der Waals surface area contributed by atoms with Gasteiger partial charge in [0.05, 0.1) is 5.02 Å². The molecule has 0 bridgehead atoms. The second-order valence-electron chi connectivity index (χ2n) is 5.78. The third-order valence-corrected chi connectivity index (χ3v) is 5.09. The van der Waals surface area contributed by atoms with Gasteiger partial charge in [-0.1, -0.05) is 31.5 Å². The molecule has 3 rings (SSSR count). The maximum absolute atomic E-state index is 6.19. The predicted octanol–water partition coefficient (Wildman–Crippen LogP) is 4.20. The van der Waals surface area contributed by atoms with Gasteiger partial charge in [0.25, 0.3) is 0 Å². The number of ether oxygens (including phenoxy) is 2. The summed E-state index contributed by atoms with van der Waals surface area (Å²) in [6.07, 6.45) is 0.